The van der Waals surface area contributed by atoms with Gasteiger partial charge in [-0.2, -0.15) is 0 Å². The molecule has 0 aliphatic rings. The maximum absolute atomic E-state index is 13.2. The molecule has 5 nitrogen and oxygen atoms in total. The van der Waals surface area contributed by atoms with E-state index in [4.69, 9.17) is 9.15 Å². The number of ether oxygens (including phenoxy) is 1. The van der Waals surface area contributed by atoms with Gasteiger partial charge in [0.2, 0.25) is 5.89 Å². The van der Waals surface area contributed by atoms with Gasteiger partial charge in [0.25, 0.3) is 0 Å². The van der Waals surface area contributed by atoms with Crippen molar-refractivity contribution < 1.29 is 18.3 Å². The summed E-state index contributed by atoms with van der Waals surface area (Å²) < 4.78 is 25.2. The van der Waals surface area contributed by atoms with Crippen LogP contribution in [0.1, 0.15) is 15.9 Å². The summed E-state index contributed by atoms with van der Waals surface area (Å²) in [6.07, 6.45) is 1.71. The molecule has 0 unspecified atom stereocenters. The highest BCUT2D eigenvalue weighted by molar-refractivity contribution is 9.10. The molecule has 1 aromatic heterocycles. The Hall–Kier alpha value is -4.10. The first kappa shape index (κ1) is 21.7. The van der Waals surface area contributed by atoms with Crippen molar-refractivity contribution in [2.24, 2.45) is 4.99 Å². The minimum atomic E-state index is -0.427. The number of hydrogen-bond donors (Lipinski definition) is 0. The smallest absolute Gasteiger partial charge is 0.343 e. The van der Waals surface area contributed by atoms with Gasteiger partial charge in [0.15, 0.2) is 5.58 Å². The number of carbonyl (C=O) groups excluding carboxylic acids is 1. The minimum Gasteiger partial charge on any atom is -0.436 e. The fraction of sp³-hybridized carbons (Fsp3) is 0. The molecular weight excluding hydrogens is 499 g/mol. The number of benzene rings is 4. The Balaban J connectivity index is 1.28. The standard InChI is InChI=1S/C27H16BrFN2O3/c28-20-3-1-2-19(14-20)27(32)33-23-11-4-17(5-12-23)16-30-22-10-13-25-24(15-22)31-26(34-25)18-6-8-21(29)9-7-18/h1-16H. The Morgan fingerprint density at radius 3 is 2.53 bits per heavy atom. The van der Waals surface area contributed by atoms with E-state index in [0.717, 1.165) is 10.0 Å². The lowest BCUT2D eigenvalue weighted by molar-refractivity contribution is 0.0734. The number of halogens is 2. The zero-order valence-electron chi connectivity index (χ0n) is 17.6. The summed E-state index contributed by atoms with van der Waals surface area (Å²) in [6.45, 7) is 0. The van der Waals surface area contributed by atoms with E-state index in [9.17, 15) is 9.18 Å². The van der Waals surface area contributed by atoms with E-state index < -0.39 is 5.97 Å². The highest BCUT2D eigenvalue weighted by Crippen LogP contribution is 2.27. The van der Waals surface area contributed by atoms with Gasteiger partial charge in [0, 0.05) is 16.3 Å². The molecule has 34 heavy (non-hydrogen) atoms. The lowest BCUT2D eigenvalue weighted by Crippen LogP contribution is -2.08. The molecule has 5 rings (SSSR count). The van der Waals surface area contributed by atoms with Crippen molar-refractivity contribution >= 4 is 44.9 Å². The number of aliphatic imine (C=N–C) groups is 1. The number of aromatic nitrogens is 1. The summed E-state index contributed by atoms with van der Waals surface area (Å²) >= 11 is 3.35. The Labute approximate surface area is 202 Å². The van der Waals surface area contributed by atoms with Crippen molar-refractivity contribution in [1.82, 2.24) is 4.98 Å². The fourth-order valence-corrected chi connectivity index (χ4v) is 3.66. The zero-order valence-corrected chi connectivity index (χ0v) is 19.2. The first-order valence-corrected chi connectivity index (χ1v) is 11.1. The molecule has 0 spiro atoms. The zero-order chi connectivity index (χ0) is 23.5. The molecule has 7 heteroatoms. The van der Waals surface area contributed by atoms with Gasteiger partial charge in [-0.25, -0.2) is 14.2 Å². The van der Waals surface area contributed by atoms with E-state index in [0.29, 0.717) is 39.6 Å². The second-order valence-corrected chi connectivity index (χ2v) is 8.32. The van der Waals surface area contributed by atoms with Gasteiger partial charge in [0.1, 0.15) is 17.1 Å². The van der Waals surface area contributed by atoms with Gasteiger partial charge < -0.3 is 9.15 Å². The first-order chi connectivity index (χ1) is 16.5. The maximum Gasteiger partial charge on any atom is 0.343 e. The van der Waals surface area contributed by atoms with Crippen LogP contribution in [0.15, 0.2) is 105 Å². The largest absolute Gasteiger partial charge is 0.436 e. The quantitative estimate of drug-likeness (QED) is 0.139. The molecule has 4 aromatic carbocycles. The van der Waals surface area contributed by atoms with Crippen LogP contribution in [-0.2, 0) is 0 Å². The minimum absolute atomic E-state index is 0.313. The van der Waals surface area contributed by atoms with Crippen LogP contribution < -0.4 is 4.74 Å². The first-order valence-electron chi connectivity index (χ1n) is 10.3. The van der Waals surface area contributed by atoms with E-state index in [1.165, 1.54) is 12.1 Å². The lowest BCUT2D eigenvalue weighted by Gasteiger charge is -2.05. The summed E-state index contributed by atoms with van der Waals surface area (Å²) in [4.78, 5) is 21.3. The maximum atomic E-state index is 13.2. The van der Waals surface area contributed by atoms with Crippen molar-refractivity contribution in [3.8, 4) is 17.2 Å². The van der Waals surface area contributed by atoms with Crippen molar-refractivity contribution in [3.05, 3.63) is 112 Å². The molecule has 0 amide bonds. The molecule has 5 aromatic rings. The molecule has 0 atom stereocenters. The van der Waals surface area contributed by atoms with Crippen LogP contribution in [0, 0.1) is 5.82 Å². The van der Waals surface area contributed by atoms with Crippen LogP contribution in [0.3, 0.4) is 0 Å². The Morgan fingerprint density at radius 1 is 0.971 bits per heavy atom. The third-order valence-corrected chi connectivity index (χ3v) is 5.47. The number of esters is 1. The summed E-state index contributed by atoms with van der Waals surface area (Å²) in [5.41, 5.74) is 3.99. The lowest BCUT2D eigenvalue weighted by atomic mass is 10.2. The van der Waals surface area contributed by atoms with E-state index in [1.54, 1.807) is 54.7 Å². The molecule has 0 aliphatic heterocycles. The molecule has 0 radical (unpaired) electrons. The van der Waals surface area contributed by atoms with Gasteiger partial charge in [0.05, 0.1) is 11.3 Å². The van der Waals surface area contributed by atoms with Crippen LogP contribution in [0.4, 0.5) is 10.1 Å². The summed E-state index contributed by atoms with van der Waals surface area (Å²) in [5.74, 6) is 0.124. The molecule has 0 fully saturated rings. The van der Waals surface area contributed by atoms with Crippen molar-refractivity contribution in [2.75, 3.05) is 0 Å². The SMILES string of the molecule is O=C(Oc1ccc(C=Nc2ccc3oc(-c4ccc(F)cc4)nc3c2)cc1)c1cccc(Br)c1. The van der Waals surface area contributed by atoms with Crippen LogP contribution in [-0.4, -0.2) is 17.2 Å². The summed E-state index contributed by atoms with van der Waals surface area (Å²) in [5, 5.41) is 0. The molecule has 166 valence electrons. The van der Waals surface area contributed by atoms with E-state index in [-0.39, 0.29) is 5.82 Å². The van der Waals surface area contributed by atoms with E-state index >= 15 is 0 Å². The predicted molar refractivity (Wildman–Crippen MR) is 132 cm³/mol. The van der Waals surface area contributed by atoms with E-state index in [2.05, 4.69) is 25.9 Å². The average Bonchev–Trinajstić information content (AvgIpc) is 3.27. The Morgan fingerprint density at radius 2 is 1.76 bits per heavy atom. The molecular formula is C27H16BrFN2O3. The van der Waals surface area contributed by atoms with Crippen LogP contribution in [0.5, 0.6) is 5.75 Å². The monoisotopic (exact) mass is 514 g/mol. The predicted octanol–water partition coefficient (Wildman–Crippen LogP) is 7.37. The molecule has 0 aliphatic carbocycles. The third-order valence-electron chi connectivity index (χ3n) is 4.98. The van der Waals surface area contributed by atoms with Crippen LogP contribution in [0.2, 0.25) is 0 Å². The Bertz CT molecular complexity index is 1510. The number of fused-ring (bicyclic) bond motifs is 1. The highest BCUT2D eigenvalue weighted by Gasteiger charge is 2.10. The second-order valence-electron chi connectivity index (χ2n) is 7.41. The molecule has 0 bridgehead atoms. The van der Waals surface area contributed by atoms with Gasteiger partial charge in [-0.15, -0.1) is 0 Å². The number of carbonyl (C=O) groups is 1. The second kappa shape index (κ2) is 9.41. The van der Waals surface area contributed by atoms with Gasteiger partial charge in [-0.3, -0.25) is 4.99 Å². The van der Waals surface area contributed by atoms with Crippen LogP contribution in [0.25, 0.3) is 22.6 Å². The topological polar surface area (TPSA) is 64.7 Å². The molecule has 0 saturated heterocycles. The molecule has 0 saturated carbocycles. The van der Waals surface area contributed by atoms with Crippen molar-refractivity contribution in [2.45, 2.75) is 0 Å². The van der Waals surface area contributed by atoms with Gasteiger partial charge in [-0.1, -0.05) is 22.0 Å². The van der Waals surface area contributed by atoms with Crippen LogP contribution >= 0.6 is 15.9 Å². The van der Waals surface area contributed by atoms with Crippen molar-refractivity contribution in [1.29, 1.82) is 0 Å². The van der Waals surface area contributed by atoms with Gasteiger partial charge in [-0.05, 0) is 90.5 Å². The molecule has 1 heterocycles. The number of oxazole rings is 1. The third kappa shape index (κ3) is 4.94. The number of hydrogen-bond acceptors (Lipinski definition) is 5. The fourth-order valence-electron chi connectivity index (χ4n) is 3.26. The summed E-state index contributed by atoms with van der Waals surface area (Å²) in [6, 6.07) is 25.5. The Kier molecular flexibility index (Phi) is 6.01. The number of rotatable bonds is 5. The van der Waals surface area contributed by atoms with Gasteiger partial charge >= 0.3 is 5.97 Å². The van der Waals surface area contributed by atoms with E-state index in [1.807, 2.05) is 30.3 Å². The number of nitrogens with zero attached hydrogens (tertiary/aromatic N) is 2. The summed E-state index contributed by atoms with van der Waals surface area (Å²) in [7, 11) is 0. The normalized spacial score (nSPS) is 11.2. The average molecular weight is 515 g/mol. The van der Waals surface area contributed by atoms with Crippen molar-refractivity contribution in [3.63, 3.8) is 0 Å². The highest BCUT2D eigenvalue weighted by atomic mass is 79.9. The molecule has 0 N–H and O–H groups in total.